The molecule has 5 saturated carbocycles. The highest BCUT2D eigenvalue weighted by molar-refractivity contribution is 5.42. The molecule has 2 bridgehead atoms. The molecule has 2 nitrogen and oxygen atoms in total. The van der Waals surface area contributed by atoms with Gasteiger partial charge in [-0.1, -0.05) is 12.2 Å². The Morgan fingerprint density at radius 1 is 0.824 bits per heavy atom. The van der Waals surface area contributed by atoms with Gasteiger partial charge < -0.3 is 10.2 Å². The van der Waals surface area contributed by atoms with Gasteiger partial charge in [0.1, 0.15) is 0 Å². The third-order valence-corrected chi connectivity index (χ3v) is 7.29. The summed E-state index contributed by atoms with van der Waals surface area (Å²) in [5, 5.41) is 21.9. The molecule has 0 aromatic heterocycles. The van der Waals surface area contributed by atoms with Crippen molar-refractivity contribution < 1.29 is 10.2 Å². The van der Waals surface area contributed by atoms with Crippen LogP contribution in [0.25, 0.3) is 0 Å². The van der Waals surface area contributed by atoms with Crippen molar-refractivity contribution in [2.24, 2.45) is 47.3 Å². The lowest BCUT2D eigenvalue weighted by atomic mass is 9.52. The lowest BCUT2D eigenvalue weighted by molar-refractivity contribution is -0.177. The van der Waals surface area contributed by atoms with Crippen LogP contribution < -0.4 is 0 Å². The summed E-state index contributed by atoms with van der Waals surface area (Å²) in [4.78, 5) is 0. The van der Waals surface area contributed by atoms with Crippen LogP contribution in [0, 0.1) is 47.3 Å². The van der Waals surface area contributed by atoms with E-state index in [1.54, 1.807) is 12.2 Å². The van der Waals surface area contributed by atoms with Crippen molar-refractivity contribution >= 4 is 0 Å². The molecule has 5 fully saturated rings. The Balaban J connectivity index is 1.80. The van der Waals surface area contributed by atoms with Crippen molar-refractivity contribution in [2.45, 2.75) is 17.6 Å². The fourth-order valence-corrected chi connectivity index (χ4v) is 7.29. The van der Waals surface area contributed by atoms with Gasteiger partial charge in [-0.2, -0.15) is 0 Å². The third-order valence-electron chi connectivity index (χ3n) is 7.29. The van der Waals surface area contributed by atoms with E-state index in [0.29, 0.717) is 23.7 Å². The summed E-state index contributed by atoms with van der Waals surface area (Å²) in [5.74, 6) is 3.64. The maximum absolute atomic E-state index is 10.9. The van der Waals surface area contributed by atoms with E-state index in [1.165, 1.54) is 6.42 Å². The Morgan fingerprint density at radius 2 is 1.24 bits per heavy atom. The summed E-state index contributed by atoms with van der Waals surface area (Å²) in [7, 11) is 0. The van der Waals surface area contributed by atoms with Crippen molar-refractivity contribution in [3.8, 4) is 0 Å². The minimum atomic E-state index is -0.693. The van der Waals surface area contributed by atoms with Gasteiger partial charge in [0.25, 0.3) is 0 Å². The number of rotatable bonds is 2. The summed E-state index contributed by atoms with van der Waals surface area (Å²) in [6.45, 7) is 7.75. The highest BCUT2D eigenvalue weighted by Gasteiger charge is 2.89. The average molecular weight is 230 g/mol. The Bertz CT molecular complexity index is 426. The van der Waals surface area contributed by atoms with E-state index in [4.69, 9.17) is 0 Å². The van der Waals surface area contributed by atoms with Crippen molar-refractivity contribution in [1.29, 1.82) is 0 Å². The lowest BCUT2D eigenvalue weighted by Crippen LogP contribution is -2.62. The maximum Gasteiger partial charge on any atom is 0.0894 e. The zero-order valence-corrected chi connectivity index (χ0v) is 9.79. The molecule has 0 radical (unpaired) electrons. The van der Waals surface area contributed by atoms with E-state index in [9.17, 15) is 10.2 Å². The predicted octanol–water partition coefficient (Wildman–Crippen LogP) is 1.21. The van der Waals surface area contributed by atoms with E-state index in [1.807, 2.05) is 0 Å². The second kappa shape index (κ2) is 2.17. The van der Waals surface area contributed by atoms with Gasteiger partial charge in [0.2, 0.25) is 0 Å². The largest absolute Gasteiger partial charge is 0.385 e. The van der Waals surface area contributed by atoms with Gasteiger partial charge in [0.15, 0.2) is 0 Å². The van der Waals surface area contributed by atoms with Crippen molar-refractivity contribution in [3.05, 3.63) is 25.3 Å². The molecule has 0 amide bonds. The summed E-state index contributed by atoms with van der Waals surface area (Å²) in [5.41, 5.74) is -1.39. The van der Waals surface area contributed by atoms with Gasteiger partial charge in [-0.15, -0.1) is 13.2 Å². The van der Waals surface area contributed by atoms with E-state index >= 15 is 0 Å². The molecule has 0 saturated heterocycles. The van der Waals surface area contributed by atoms with Crippen LogP contribution in [0.4, 0.5) is 0 Å². The van der Waals surface area contributed by atoms with E-state index in [0.717, 1.165) is 0 Å². The van der Waals surface area contributed by atoms with Crippen LogP contribution in [-0.4, -0.2) is 21.4 Å². The molecule has 2 heteroatoms. The number of hydrogen-bond acceptors (Lipinski definition) is 2. The SMILES string of the molecule is C=C[C@]1(O)[C@@H]2[C@@H]3[C@H]4C[C@H]5[C@@H]3[C@@H]2[C@](O)(C=C)[C@H]5[C@H]41. The second-order valence-corrected chi connectivity index (χ2v) is 7.00. The van der Waals surface area contributed by atoms with Gasteiger partial charge in [-0.05, 0) is 30.1 Å². The molecule has 0 spiro atoms. The maximum atomic E-state index is 10.9. The van der Waals surface area contributed by atoms with Crippen LogP contribution in [0.1, 0.15) is 6.42 Å². The molecular weight excluding hydrogens is 212 g/mol. The molecule has 0 unspecified atom stereocenters. The van der Waals surface area contributed by atoms with Crippen LogP contribution in [-0.2, 0) is 0 Å². The van der Waals surface area contributed by atoms with E-state index in [-0.39, 0.29) is 23.7 Å². The minimum absolute atomic E-state index is 0.248. The quantitative estimate of drug-likeness (QED) is 0.700. The Hall–Kier alpha value is -0.600. The molecular formula is C15H18O2. The van der Waals surface area contributed by atoms with Gasteiger partial charge >= 0.3 is 0 Å². The first kappa shape index (κ1) is 9.35. The van der Waals surface area contributed by atoms with Gasteiger partial charge in [-0.25, -0.2) is 0 Å². The fraction of sp³-hybridized carbons (Fsp3) is 0.733. The molecule has 5 rings (SSSR count). The first-order valence-electron chi connectivity index (χ1n) is 6.81. The number of aliphatic hydroxyl groups is 2. The third kappa shape index (κ3) is 0.574. The Kier molecular flexibility index (Phi) is 1.19. The minimum Gasteiger partial charge on any atom is -0.385 e. The van der Waals surface area contributed by atoms with E-state index in [2.05, 4.69) is 13.2 Å². The summed E-state index contributed by atoms with van der Waals surface area (Å²) < 4.78 is 0. The molecule has 90 valence electrons. The molecule has 10 atom stereocenters. The summed E-state index contributed by atoms with van der Waals surface area (Å²) in [6, 6.07) is 0. The average Bonchev–Trinajstić information content (AvgIpc) is 2.79. The second-order valence-electron chi connectivity index (χ2n) is 7.00. The topological polar surface area (TPSA) is 40.5 Å². The van der Waals surface area contributed by atoms with Crippen LogP contribution in [0.5, 0.6) is 0 Å². The smallest absolute Gasteiger partial charge is 0.0894 e. The zero-order chi connectivity index (χ0) is 11.7. The van der Waals surface area contributed by atoms with Gasteiger partial charge in [0.05, 0.1) is 11.2 Å². The number of fused-ring (bicyclic) bond motifs is 2. The van der Waals surface area contributed by atoms with Crippen LogP contribution >= 0.6 is 0 Å². The standard InChI is InChI=1S/C15H18O2/c1-3-14(16)10-6-5-7-9-8(6)12(14)13(9)15(17,4-2)11(7)10/h3-4,6-13,16-17H,1-2,5H2/t6-,7+,8-,9+,10+,11-,12-,13+,14-,15+. The Labute approximate surface area is 101 Å². The van der Waals surface area contributed by atoms with Crippen LogP contribution in [0.3, 0.4) is 0 Å². The molecule has 0 heterocycles. The van der Waals surface area contributed by atoms with Crippen molar-refractivity contribution in [3.63, 3.8) is 0 Å². The normalized spacial score (nSPS) is 76.4. The van der Waals surface area contributed by atoms with E-state index < -0.39 is 11.2 Å². The van der Waals surface area contributed by atoms with Crippen molar-refractivity contribution in [1.82, 2.24) is 0 Å². The highest BCUT2D eigenvalue weighted by atomic mass is 16.3. The first-order chi connectivity index (χ1) is 8.09. The van der Waals surface area contributed by atoms with Crippen LogP contribution in [0.2, 0.25) is 0 Å². The Morgan fingerprint density at radius 3 is 1.59 bits per heavy atom. The molecule has 0 aromatic carbocycles. The fourth-order valence-electron chi connectivity index (χ4n) is 7.29. The van der Waals surface area contributed by atoms with Gasteiger partial charge in [0, 0.05) is 23.7 Å². The number of hydrogen-bond donors (Lipinski definition) is 2. The predicted molar refractivity (Wildman–Crippen MR) is 62.8 cm³/mol. The summed E-state index contributed by atoms with van der Waals surface area (Å²) in [6.07, 6.45) is 4.79. The molecule has 17 heavy (non-hydrogen) atoms. The molecule has 5 aliphatic rings. The molecule has 0 aliphatic heterocycles. The zero-order valence-electron chi connectivity index (χ0n) is 9.79. The monoisotopic (exact) mass is 230 g/mol. The van der Waals surface area contributed by atoms with Crippen LogP contribution in [0.15, 0.2) is 25.3 Å². The summed E-state index contributed by atoms with van der Waals surface area (Å²) >= 11 is 0. The highest BCUT2D eigenvalue weighted by Crippen LogP contribution is 2.87. The first-order valence-corrected chi connectivity index (χ1v) is 6.81. The molecule has 0 aromatic rings. The van der Waals surface area contributed by atoms with Gasteiger partial charge in [-0.3, -0.25) is 0 Å². The lowest BCUT2D eigenvalue weighted by Gasteiger charge is -2.56. The van der Waals surface area contributed by atoms with Crippen molar-refractivity contribution in [2.75, 3.05) is 0 Å². The molecule has 2 N–H and O–H groups in total. The molecule has 5 aliphatic carbocycles.